The van der Waals surface area contributed by atoms with Gasteiger partial charge in [0.15, 0.2) is 5.69 Å². The van der Waals surface area contributed by atoms with E-state index in [2.05, 4.69) is 21.9 Å². The van der Waals surface area contributed by atoms with Gasteiger partial charge in [0.1, 0.15) is 5.82 Å². The number of hydrogen-bond donors (Lipinski definition) is 1. The number of carbonyl (C=O) groups is 1. The Kier molecular flexibility index (Phi) is 5.04. The molecule has 0 aliphatic carbocycles. The zero-order valence-corrected chi connectivity index (χ0v) is 15.1. The second-order valence-electron chi connectivity index (χ2n) is 5.66. The molecule has 3 aromatic rings. The van der Waals surface area contributed by atoms with Crippen LogP contribution in [0.15, 0.2) is 65.4 Å². The van der Waals surface area contributed by atoms with Crippen LogP contribution in [0, 0.1) is 0 Å². The highest BCUT2D eigenvalue weighted by Crippen LogP contribution is 2.26. The van der Waals surface area contributed by atoms with Gasteiger partial charge in [-0.1, -0.05) is 24.8 Å². The van der Waals surface area contributed by atoms with E-state index < -0.39 is 5.91 Å². The Morgan fingerprint density at radius 1 is 1.23 bits per heavy atom. The molecule has 26 heavy (non-hydrogen) atoms. The third kappa shape index (κ3) is 3.75. The Bertz CT molecular complexity index is 936. The maximum Gasteiger partial charge on any atom is 0.279 e. The van der Waals surface area contributed by atoms with Crippen LogP contribution in [0.25, 0.3) is 11.5 Å². The zero-order valence-electron chi connectivity index (χ0n) is 14.4. The Morgan fingerprint density at radius 2 is 1.96 bits per heavy atom. The fraction of sp³-hybridized carbons (Fsp3) is 0.105. The molecule has 0 unspecified atom stereocenters. The smallest absolute Gasteiger partial charge is 0.279 e. The van der Waals surface area contributed by atoms with Crippen LogP contribution in [0.4, 0.5) is 11.5 Å². The first kappa shape index (κ1) is 17.7. The van der Waals surface area contributed by atoms with E-state index in [1.54, 1.807) is 18.3 Å². The van der Waals surface area contributed by atoms with Gasteiger partial charge in [0.2, 0.25) is 11.1 Å². The van der Waals surface area contributed by atoms with Gasteiger partial charge in [0.05, 0.1) is 11.9 Å². The van der Waals surface area contributed by atoms with E-state index in [1.807, 2.05) is 49.2 Å². The molecule has 0 atom stereocenters. The van der Waals surface area contributed by atoms with Crippen LogP contribution in [-0.4, -0.2) is 22.9 Å². The summed E-state index contributed by atoms with van der Waals surface area (Å²) in [4.78, 5) is 22.8. The van der Waals surface area contributed by atoms with Crippen molar-refractivity contribution in [2.24, 2.45) is 0 Å². The molecule has 1 N–H and O–H groups in total. The molecule has 1 aromatic carbocycles. The Balaban J connectivity index is 1.76. The summed E-state index contributed by atoms with van der Waals surface area (Å²) >= 11 is 6.04. The van der Waals surface area contributed by atoms with Gasteiger partial charge in [-0.15, -0.1) is 0 Å². The van der Waals surface area contributed by atoms with Crippen molar-refractivity contribution in [2.75, 3.05) is 17.3 Å². The third-order valence-electron chi connectivity index (χ3n) is 3.74. The first-order chi connectivity index (χ1) is 12.5. The highest BCUT2D eigenvalue weighted by Gasteiger charge is 2.20. The molecule has 1 amide bonds. The third-order valence-corrected chi connectivity index (χ3v) is 4.00. The van der Waals surface area contributed by atoms with Crippen molar-refractivity contribution in [2.45, 2.75) is 6.92 Å². The van der Waals surface area contributed by atoms with Gasteiger partial charge in [0.25, 0.3) is 5.91 Å². The summed E-state index contributed by atoms with van der Waals surface area (Å²) in [5.74, 6) is 0.544. The predicted molar refractivity (Wildman–Crippen MR) is 102 cm³/mol. The number of benzene rings is 1. The molecule has 0 spiro atoms. The van der Waals surface area contributed by atoms with E-state index in [9.17, 15) is 4.79 Å². The summed E-state index contributed by atoms with van der Waals surface area (Å²) in [6.45, 7) is 5.74. The zero-order chi connectivity index (χ0) is 18.7. The molecular weight excluding hydrogens is 352 g/mol. The van der Waals surface area contributed by atoms with Crippen molar-refractivity contribution >= 4 is 29.0 Å². The molecule has 0 fully saturated rings. The maximum atomic E-state index is 12.4. The first-order valence-corrected chi connectivity index (χ1v) is 8.22. The normalized spacial score (nSPS) is 10.4. The van der Waals surface area contributed by atoms with E-state index in [1.165, 1.54) is 0 Å². The van der Waals surface area contributed by atoms with Gasteiger partial charge >= 0.3 is 0 Å². The number of nitrogens with one attached hydrogen (secondary N) is 1. The van der Waals surface area contributed by atoms with Crippen LogP contribution in [0.3, 0.4) is 0 Å². The quantitative estimate of drug-likeness (QED) is 0.711. The summed E-state index contributed by atoms with van der Waals surface area (Å²) in [5, 5.41) is 2.65. The van der Waals surface area contributed by atoms with E-state index in [4.69, 9.17) is 16.0 Å². The van der Waals surface area contributed by atoms with Crippen LogP contribution in [-0.2, 0) is 0 Å². The van der Waals surface area contributed by atoms with Crippen LogP contribution in [0.1, 0.15) is 17.4 Å². The molecular formula is C19H17ClN4O2. The highest BCUT2D eigenvalue weighted by atomic mass is 35.5. The van der Waals surface area contributed by atoms with Crippen LogP contribution >= 0.6 is 11.6 Å². The second-order valence-corrected chi connectivity index (χ2v) is 6.00. The summed E-state index contributed by atoms with van der Waals surface area (Å²) in [6, 6.07) is 12.7. The van der Waals surface area contributed by atoms with Crippen molar-refractivity contribution in [1.82, 2.24) is 9.97 Å². The van der Waals surface area contributed by atoms with Gasteiger partial charge in [-0.05, 0) is 42.8 Å². The van der Waals surface area contributed by atoms with Crippen LogP contribution in [0.2, 0.25) is 5.22 Å². The topological polar surface area (TPSA) is 71.3 Å². The number of oxazole rings is 1. The molecule has 0 bridgehead atoms. The lowest BCUT2D eigenvalue weighted by Gasteiger charge is -2.17. The van der Waals surface area contributed by atoms with E-state index in [0.717, 1.165) is 17.1 Å². The molecule has 7 heteroatoms. The van der Waals surface area contributed by atoms with Gasteiger partial charge in [-0.25, -0.2) is 9.97 Å². The van der Waals surface area contributed by atoms with Crippen LogP contribution in [0.5, 0.6) is 0 Å². The number of nitrogens with zero attached hydrogens (tertiary/aromatic N) is 3. The average Bonchev–Trinajstić information content (AvgIpc) is 3.04. The van der Waals surface area contributed by atoms with Gasteiger partial charge in [0, 0.05) is 18.3 Å². The number of anilines is 2. The van der Waals surface area contributed by atoms with Gasteiger partial charge in [-0.3, -0.25) is 4.79 Å². The van der Waals surface area contributed by atoms with Crippen molar-refractivity contribution in [3.05, 3.63) is 71.9 Å². The molecule has 2 heterocycles. The van der Waals surface area contributed by atoms with Crippen molar-refractivity contribution in [3.63, 3.8) is 0 Å². The lowest BCUT2D eigenvalue weighted by Crippen LogP contribution is -2.16. The Morgan fingerprint density at radius 3 is 2.58 bits per heavy atom. The molecule has 0 aliphatic rings. The summed E-state index contributed by atoms with van der Waals surface area (Å²) in [6.07, 6.45) is 1.55. The molecule has 6 nitrogen and oxygen atoms in total. The van der Waals surface area contributed by atoms with Crippen LogP contribution < -0.4 is 10.2 Å². The maximum absolute atomic E-state index is 12.4. The minimum atomic E-state index is -0.469. The largest absolute Gasteiger partial charge is 0.424 e. The number of allylic oxidation sites excluding steroid dienone is 1. The van der Waals surface area contributed by atoms with Gasteiger partial charge in [-0.2, -0.15) is 0 Å². The molecule has 0 saturated heterocycles. The van der Waals surface area contributed by atoms with Crippen molar-refractivity contribution in [1.29, 1.82) is 0 Å². The number of hydrogen-bond acceptors (Lipinski definition) is 5. The summed E-state index contributed by atoms with van der Waals surface area (Å²) in [7, 11) is 1.86. The molecule has 2 aromatic heterocycles. The molecule has 0 aliphatic heterocycles. The molecule has 132 valence electrons. The summed E-state index contributed by atoms with van der Waals surface area (Å²) < 4.78 is 5.40. The lowest BCUT2D eigenvalue weighted by atomic mass is 10.2. The minimum Gasteiger partial charge on any atom is -0.424 e. The number of aromatic nitrogens is 2. The highest BCUT2D eigenvalue weighted by molar-refractivity contribution is 6.32. The Hall–Kier alpha value is -3.12. The van der Waals surface area contributed by atoms with Gasteiger partial charge < -0.3 is 14.6 Å². The Labute approximate surface area is 156 Å². The number of pyridine rings is 1. The fourth-order valence-corrected chi connectivity index (χ4v) is 2.39. The standard InChI is InChI=1S/C19H17ClN4O2/c1-12(2)24(3)15-10-9-14(11-21-15)22-18(25)16-17(20)26-19(23-16)13-7-5-4-6-8-13/h4-11H,1H2,2-3H3,(H,22,25). The monoisotopic (exact) mass is 368 g/mol. The first-order valence-electron chi connectivity index (χ1n) is 7.84. The van der Waals surface area contributed by atoms with Crippen molar-refractivity contribution in [3.8, 4) is 11.5 Å². The lowest BCUT2D eigenvalue weighted by molar-refractivity contribution is 0.102. The van der Waals surface area contributed by atoms with Crippen molar-refractivity contribution < 1.29 is 9.21 Å². The number of carbonyl (C=O) groups excluding carboxylic acids is 1. The number of rotatable bonds is 5. The molecule has 0 saturated carbocycles. The number of amides is 1. The fourth-order valence-electron chi connectivity index (χ4n) is 2.19. The van der Waals surface area contributed by atoms with E-state index in [-0.39, 0.29) is 16.8 Å². The summed E-state index contributed by atoms with van der Waals surface area (Å²) in [5.41, 5.74) is 2.14. The number of halogens is 1. The predicted octanol–water partition coefficient (Wildman–Crippen LogP) is 4.61. The SMILES string of the molecule is C=C(C)N(C)c1ccc(NC(=O)c2nc(-c3ccccc3)oc2Cl)cn1. The van der Waals surface area contributed by atoms with E-state index >= 15 is 0 Å². The minimum absolute atomic E-state index is 0.0219. The average molecular weight is 369 g/mol. The molecule has 0 radical (unpaired) electrons. The molecule has 3 rings (SSSR count). The second kappa shape index (κ2) is 7.41. The van der Waals surface area contributed by atoms with E-state index in [0.29, 0.717) is 5.69 Å².